The maximum Gasteiger partial charge on any atom is 0.115 e. The molecule has 33 heavy (non-hydrogen) atoms. The molecule has 0 fully saturated rings. The van der Waals surface area contributed by atoms with Gasteiger partial charge in [-0.2, -0.15) is 0 Å². The quantitative estimate of drug-likeness (QED) is 0.273. The van der Waals surface area contributed by atoms with Gasteiger partial charge in [0, 0.05) is 0 Å². The van der Waals surface area contributed by atoms with Crippen molar-refractivity contribution in [3.8, 4) is 0 Å². The Balaban J connectivity index is 1.91. The molecule has 0 saturated carbocycles. The van der Waals surface area contributed by atoms with E-state index in [4.69, 9.17) is 4.74 Å². The predicted octanol–water partition coefficient (Wildman–Crippen LogP) is 10.1. The van der Waals surface area contributed by atoms with Crippen molar-refractivity contribution in [2.24, 2.45) is 17.3 Å². The van der Waals surface area contributed by atoms with Gasteiger partial charge in [-0.1, -0.05) is 102 Å². The molecule has 0 radical (unpaired) electrons. The van der Waals surface area contributed by atoms with Crippen LogP contribution in [0, 0.1) is 17.3 Å². The third-order valence-electron chi connectivity index (χ3n) is 7.38. The SMILES string of the molecule is CCCC(CCC)C1(C)C=CC(OCc2ccc(/C(C)=C/C=C(\C)CC(C)CC)cc2)=CC1. The molecule has 0 saturated heterocycles. The molecule has 0 spiro atoms. The summed E-state index contributed by atoms with van der Waals surface area (Å²) in [5, 5.41) is 0. The highest BCUT2D eigenvalue weighted by Crippen LogP contribution is 2.42. The highest BCUT2D eigenvalue weighted by atomic mass is 16.5. The molecule has 1 nitrogen and oxygen atoms in total. The molecule has 2 unspecified atom stereocenters. The van der Waals surface area contributed by atoms with Crippen LogP contribution in [0.3, 0.4) is 0 Å². The Morgan fingerprint density at radius 1 is 1.03 bits per heavy atom. The van der Waals surface area contributed by atoms with E-state index in [0.717, 1.165) is 24.0 Å². The minimum absolute atomic E-state index is 0.270. The van der Waals surface area contributed by atoms with Crippen molar-refractivity contribution in [1.29, 1.82) is 0 Å². The lowest BCUT2D eigenvalue weighted by Gasteiger charge is -2.36. The van der Waals surface area contributed by atoms with Crippen LogP contribution in [0.1, 0.15) is 105 Å². The second-order valence-corrected chi connectivity index (χ2v) is 10.5. The van der Waals surface area contributed by atoms with E-state index in [1.807, 2.05) is 0 Å². The summed E-state index contributed by atoms with van der Waals surface area (Å²) in [6, 6.07) is 8.81. The molecule has 0 aromatic heterocycles. The van der Waals surface area contributed by atoms with E-state index in [9.17, 15) is 0 Å². The molecule has 0 amide bonds. The highest BCUT2D eigenvalue weighted by molar-refractivity contribution is 5.65. The van der Waals surface area contributed by atoms with E-state index in [-0.39, 0.29) is 5.41 Å². The normalized spacial score (nSPS) is 20.2. The number of rotatable bonds is 13. The predicted molar refractivity (Wildman–Crippen MR) is 146 cm³/mol. The molecule has 1 aromatic carbocycles. The van der Waals surface area contributed by atoms with E-state index >= 15 is 0 Å². The summed E-state index contributed by atoms with van der Waals surface area (Å²) in [6.45, 7) is 16.7. The van der Waals surface area contributed by atoms with Crippen LogP contribution in [0.4, 0.5) is 0 Å². The van der Waals surface area contributed by atoms with Gasteiger partial charge in [-0.05, 0) is 85.6 Å². The second-order valence-electron chi connectivity index (χ2n) is 10.5. The molecule has 0 bridgehead atoms. The first-order chi connectivity index (χ1) is 15.8. The van der Waals surface area contributed by atoms with E-state index in [2.05, 4.69) is 103 Å². The summed E-state index contributed by atoms with van der Waals surface area (Å²) in [5.74, 6) is 2.53. The van der Waals surface area contributed by atoms with Gasteiger partial charge in [-0.25, -0.2) is 0 Å². The third kappa shape index (κ3) is 8.69. The highest BCUT2D eigenvalue weighted by Gasteiger charge is 2.31. The average molecular weight is 449 g/mol. The van der Waals surface area contributed by atoms with Crippen LogP contribution in [-0.2, 0) is 11.3 Å². The summed E-state index contributed by atoms with van der Waals surface area (Å²) in [5.41, 5.74) is 5.52. The fourth-order valence-corrected chi connectivity index (χ4v) is 4.80. The van der Waals surface area contributed by atoms with E-state index in [1.165, 1.54) is 60.8 Å². The van der Waals surface area contributed by atoms with Crippen LogP contribution >= 0.6 is 0 Å². The molecule has 0 aliphatic heterocycles. The zero-order valence-corrected chi connectivity index (χ0v) is 22.4. The van der Waals surface area contributed by atoms with Gasteiger partial charge >= 0.3 is 0 Å². The second kappa shape index (κ2) is 13.6. The molecule has 1 heteroatoms. The lowest BCUT2D eigenvalue weighted by atomic mass is 9.69. The van der Waals surface area contributed by atoms with Gasteiger partial charge in [0.25, 0.3) is 0 Å². The topological polar surface area (TPSA) is 9.23 Å². The first-order valence-electron chi connectivity index (χ1n) is 13.3. The molecular formula is C32H48O. The fraction of sp³-hybridized carbons (Fsp3) is 0.562. The van der Waals surface area contributed by atoms with Crippen molar-refractivity contribution in [2.45, 2.75) is 100 Å². The number of allylic oxidation sites excluding steroid dienone is 7. The maximum atomic E-state index is 6.14. The van der Waals surface area contributed by atoms with Crippen LogP contribution in [0.15, 0.2) is 66.0 Å². The van der Waals surface area contributed by atoms with Crippen molar-refractivity contribution in [1.82, 2.24) is 0 Å². The molecule has 2 rings (SSSR count). The fourth-order valence-electron chi connectivity index (χ4n) is 4.80. The van der Waals surface area contributed by atoms with E-state index < -0.39 is 0 Å². The zero-order chi connectivity index (χ0) is 24.3. The van der Waals surface area contributed by atoms with Crippen molar-refractivity contribution >= 4 is 5.57 Å². The van der Waals surface area contributed by atoms with Gasteiger partial charge < -0.3 is 4.74 Å². The first kappa shape index (κ1) is 27.2. The number of ether oxygens (including phenoxy) is 1. The lowest BCUT2D eigenvalue weighted by molar-refractivity contribution is 0.187. The molecule has 2 atom stereocenters. The Morgan fingerprint density at radius 2 is 1.70 bits per heavy atom. The Hall–Kier alpha value is -2.02. The third-order valence-corrected chi connectivity index (χ3v) is 7.38. The van der Waals surface area contributed by atoms with Crippen LogP contribution in [-0.4, -0.2) is 0 Å². The Labute approximate surface area is 204 Å². The molecule has 0 heterocycles. The summed E-state index contributed by atoms with van der Waals surface area (Å²) < 4.78 is 6.14. The van der Waals surface area contributed by atoms with Gasteiger partial charge in [-0.15, -0.1) is 0 Å². The minimum atomic E-state index is 0.270. The van der Waals surface area contributed by atoms with Gasteiger partial charge in [0.05, 0.1) is 0 Å². The van der Waals surface area contributed by atoms with Crippen LogP contribution in [0.25, 0.3) is 5.57 Å². The average Bonchev–Trinajstić information content (AvgIpc) is 2.82. The maximum absolute atomic E-state index is 6.14. The Morgan fingerprint density at radius 3 is 2.24 bits per heavy atom. The van der Waals surface area contributed by atoms with Gasteiger partial charge in [0.15, 0.2) is 0 Å². The summed E-state index contributed by atoms with van der Waals surface area (Å²) in [6.07, 6.45) is 20.1. The van der Waals surface area contributed by atoms with Crippen molar-refractivity contribution < 1.29 is 4.74 Å². The lowest BCUT2D eigenvalue weighted by Crippen LogP contribution is -2.26. The van der Waals surface area contributed by atoms with Gasteiger partial charge in [-0.3, -0.25) is 0 Å². The van der Waals surface area contributed by atoms with Crippen LogP contribution in [0.2, 0.25) is 0 Å². The van der Waals surface area contributed by atoms with E-state index in [0.29, 0.717) is 6.61 Å². The number of hydrogen-bond acceptors (Lipinski definition) is 1. The molecular weight excluding hydrogens is 400 g/mol. The zero-order valence-electron chi connectivity index (χ0n) is 22.4. The van der Waals surface area contributed by atoms with Crippen molar-refractivity contribution in [3.05, 3.63) is 77.1 Å². The molecule has 0 N–H and O–H groups in total. The van der Waals surface area contributed by atoms with Crippen LogP contribution in [0.5, 0.6) is 0 Å². The molecule has 182 valence electrons. The minimum Gasteiger partial charge on any atom is -0.489 e. The van der Waals surface area contributed by atoms with Crippen LogP contribution < -0.4 is 0 Å². The largest absolute Gasteiger partial charge is 0.489 e. The number of benzene rings is 1. The first-order valence-corrected chi connectivity index (χ1v) is 13.3. The van der Waals surface area contributed by atoms with E-state index in [1.54, 1.807) is 0 Å². The monoisotopic (exact) mass is 448 g/mol. The summed E-state index contributed by atoms with van der Waals surface area (Å²) in [4.78, 5) is 0. The van der Waals surface area contributed by atoms with Crippen molar-refractivity contribution in [3.63, 3.8) is 0 Å². The Bertz CT molecular complexity index is 830. The Kier molecular flexibility index (Phi) is 11.2. The number of hydrogen-bond donors (Lipinski definition) is 0. The molecule has 1 aromatic rings. The summed E-state index contributed by atoms with van der Waals surface area (Å²) >= 11 is 0. The molecule has 1 aliphatic rings. The summed E-state index contributed by atoms with van der Waals surface area (Å²) in [7, 11) is 0. The van der Waals surface area contributed by atoms with Gasteiger partial charge in [0.1, 0.15) is 12.4 Å². The van der Waals surface area contributed by atoms with Gasteiger partial charge in [0.2, 0.25) is 0 Å². The van der Waals surface area contributed by atoms with Crippen molar-refractivity contribution in [2.75, 3.05) is 0 Å². The standard InChI is InChI=1S/C32H48O/c1-8-11-30(12-9-2)32(7)21-19-31(20-22-32)33-24-28-15-17-29(18-16-28)27(6)14-13-26(5)23-25(4)10-3/h13-21,25,30H,8-12,22-24H2,1-7H3/b26-13+,27-14+. The smallest absolute Gasteiger partial charge is 0.115 e. The molecule has 1 aliphatic carbocycles.